The van der Waals surface area contributed by atoms with E-state index in [2.05, 4.69) is 45.3 Å². The number of dihydropyridines is 1. The molecule has 1 atom stereocenters. The van der Waals surface area contributed by atoms with Crippen LogP contribution in [0.25, 0.3) is 0 Å². The number of allylic oxidation sites excluding steroid dienone is 1. The van der Waals surface area contributed by atoms with Crippen LogP contribution in [0.2, 0.25) is 18.1 Å². The fourth-order valence-corrected chi connectivity index (χ4v) is 4.82. The highest BCUT2D eigenvalue weighted by molar-refractivity contribution is 8.04. The van der Waals surface area contributed by atoms with Gasteiger partial charge in [-0.05, 0) is 36.0 Å². The molecule has 17 heavy (non-hydrogen) atoms. The molecule has 2 nitrogen and oxygen atoms in total. The van der Waals surface area contributed by atoms with E-state index in [1.165, 1.54) is 10.5 Å². The van der Waals surface area contributed by atoms with Gasteiger partial charge < -0.3 is 9.74 Å². The van der Waals surface area contributed by atoms with Gasteiger partial charge in [-0.2, -0.15) is 0 Å². The standard InChI is InChI=1S/C13H23NOSSi/c1-13(2,3)17(4,5)15-12-8-10-9-14-7-6-11(10)16-12/h6-7,12,14H,8-9H2,1-5H3. The van der Waals surface area contributed by atoms with Gasteiger partial charge in [-0.1, -0.05) is 32.5 Å². The summed E-state index contributed by atoms with van der Waals surface area (Å²) in [6.45, 7) is 12.6. The van der Waals surface area contributed by atoms with Crippen molar-refractivity contribution in [3.05, 3.63) is 22.8 Å². The molecule has 0 aliphatic carbocycles. The first-order valence-electron chi connectivity index (χ1n) is 6.26. The molecule has 0 saturated heterocycles. The Balaban J connectivity index is 1.98. The van der Waals surface area contributed by atoms with E-state index in [1.807, 2.05) is 18.0 Å². The summed E-state index contributed by atoms with van der Waals surface area (Å²) in [4.78, 5) is 1.42. The second-order valence-electron chi connectivity index (χ2n) is 6.31. The summed E-state index contributed by atoms with van der Waals surface area (Å²) in [6.07, 6.45) is 5.31. The van der Waals surface area contributed by atoms with E-state index in [0.717, 1.165) is 13.0 Å². The summed E-state index contributed by atoms with van der Waals surface area (Å²) in [7, 11) is -1.63. The molecule has 4 heteroatoms. The molecule has 0 saturated carbocycles. The van der Waals surface area contributed by atoms with Crippen molar-refractivity contribution in [3.8, 4) is 0 Å². The predicted octanol–water partition coefficient (Wildman–Crippen LogP) is 3.84. The molecule has 0 fully saturated rings. The SMILES string of the molecule is CC(C)(C)[Si](C)(C)OC1CC2=C(C=CNC2)S1. The molecule has 2 aliphatic heterocycles. The van der Waals surface area contributed by atoms with Crippen LogP contribution in [0, 0.1) is 0 Å². The molecular weight excluding hydrogens is 246 g/mol. The van der Waals surface area contributed by atoms with E-state index in [1.54, 1.807) is 0 Å². The van der Waals surface area contributed by atoms with Crippen LogP contribution in [0.5, 0.6) is 0 Å². The van der Waals surface area contributed by atoms with E-state index < -0.39 is 8.32 Å². The molecule has 0 aromatic carbocycles. The first kappa shape index (κ1) is 13.2. The van der Waals surface area contributed by atoms with Crippen molar-refractivity contribution in [2.75, 3.05) is 6.54 Å². The third kappa shape index (κ3) is 2.80. The molecule has 0 amide bonds. The molecule has 0 aromatic rings. The zero-order valence-corrected chi connectivity index (χ0v) is 13.3. The van der Waals surface area contributed by atoms with Gasteiger partial charge in [0.2, 0.25) is 0 Å². The van der Waals surface area contributed by atoms with E-state index in [9.17, 15) is 0 Å². The maximum absolute atomic E-state index is 6.45. The van der Waals surface area contributed by atoms with Crippen LogP contribution in [0.1, 0.15) is 27.2 Å². The first-order valence-corrected chi connectivity index (χ1v) is 10.0. The number of rotatable bonds is 2. The van der Waals surface area contributed by atoms with Crippen LogP contribution in [0.15, 0.2) is 22.8 Å². The zero-order valence-electron chi connectivity index (χ0n) is 11.5. The maximum atomic E-state index is 6.45. The molecular formula is C13H23NOSSi. The van der Waals surface area contributed by atoms with E-state index in [-0.39, 0.29) is 0 Å². The normalized spacial score (nSPS) is 24.9. The van der Waals surface area contributed by atoms with Gasteiger partial charge in [-0.25, -0.2) is 0 Å². The van der Waals surface area contributed by atoms with Gasteiger partial charge in [0, 0.05) is 17.9 Å². The summed E-state index contributed by atoms with van der Waals surface area (Å²) in [5.41, 5.74) is 1.85. The van der Waals surface area contributed by atoms with E-state index in [0.29, 0.717) is 10.5 Å². The lowest BCUT2D eigenvalue weighted by Crippen LogP contribution is -2.42. The quantitative estimate of drug-likeness (QED) is 0.770. The van der Waals surface area contributed by atoms with Crippen LogP contribution in [0.4, 0.5) is 0 Å². The molecule has 2 heterocycles. The maximum Gasteiger partial charge on any atom is 0.193 e. The Kier molecular flexibility index (Phi) is 3.49. The summed E-state index contributed by atoms with van der Waals surface area (Å²) < 4.78 is 6.45. The number of hydrogen-bond donors (Lipinski definition) is 1. The number of nitrogens with one attached hydrogen (secondary N) is 1. The fourth-order valence-electron chi connectivity index (χ4n) is 1.77. The van der Waals surface area contributed by atoms with Gasteiger partial charge in [0.05, 0.1) is 5.44 Å². The Morgan fingerprint density at radius 3 is 2.71 bits per heavy atom. The zero-order chi connectivity index (χ0) is 12.7. The summed E-state index contributed by atoms with van der Waals surface area (Å²) >= 11 is 1.90. The first-order chi connectivity index (χ1) is 7.79. The molecule has 1 unspecified atom stereocenters. The van der Waals surface area contributed by atoms with Crippen molar-refractivity contribution in [1.29, 1.82) is 0 Å². The summed E-state index contributed by atoms with van der Waals surface area (Å²) in [5, 5.41) is 3.57. The van der Waals surface area contributed by atoms with Gasteiger partial charge in [-0.3, -0.25) is 0 Å². The molecule has 0 radical (unpaired) electrons. The lowest BCUT2D eigenvalue weighted by Gasteiger charge is -2.38. The number of thioether (sulfide) groups is 1. The van der Waals surface area contributed by atoms with Crippen LogP contribution >= 0.6 is 11.8 Å². The molecule has 0 bridgehead atoms. The smallest absolute Gasteiger partial charge is 0.193 e. The Morgan fingerprint density at radius 2 is 2.12 bits per heavy atom. The van der Waals surface area contributed by atoms with Crippen LogP contribution in [0.3, 0.4) is 0 Å². The molecule has 0 aromatic heterocycles. The monoisotopic (exact) mass is 269 g/mol. The average molecular weight is 269 g/mol. The molecule has 2 rings (SSSR count). The molecule has 1 N–H and O–H groups in total. The minimum atomic E-state index is -1.63. The van der Waals surface area contributed by atoms with Crippen LogP contribution < -0.4 is 5.32 Å². The third-order valence-corrected chi connectivity index (χ3v) is 9.78. The molecule has 0 spiro atoms. The van der Waals surface area contributed by atoms with Gasteiger partial charge in [-0.15, -0.1) is 0 Å². The van der Waals surface area contributed by atoms with Crippen molar-refractivity contribution in [2.24, 2.45) is 0 Å². The Hall–Kier alpha value is -0.193. The van der Waals surface area contributed by atoms with Gasteiger partial charge in [0.1, 0.15) is 0 Å². The molecule has 96 valence electrons. The summed E-state index contributed by atoms with van der Waals surface area (Å²) in [6, 6.07) is 0. The topological polar surface area (TPSA) is 21.3 Å². The number of hydrogen-bond acceptors (Lipinski definition) is 3. The highest BCUT2D eigenvalue weighted by Crippen LogP contribution is 2.45. The highest BCUT2D eigenvalue weighted by Gasteiger charge is 2.40. The molecule has 2 aliphatic rings. The fraction of sp³-hybridized carbons (Fsp3) is 0.692. The summed E-state index contributed by atoms with van der Waals surface area (Å²) in [5.74, 6) is 0. The van der Waals surface area contributed by atoms with Crippen molar-refractivity contribution in [3.63, 3.8) is 0 Å². The van der Waals surface area contributed by atoms with Gasteiger partial charge in [0.25, 0.3) is 0 Å². The van der Waals surface area contributed by atoms with Crippen molar-refractivity contribution in [1.82, 2.24) is 5.32 Å². The van der Waals surface area contributed by atoms with E-state index >= 15 is 0 Å². The van der Waals surface area contributed by atoms with Crippen LogP contribution in [-0.2, 0) is 4.43 Å². The highest BCUT2D eigenvalue weighted by atomic mass is 32.2. The van der Waals surface area contributed by atoms with Gasteiger partial charge in [0.15, 0.2) is 8.32 Å². The van der Waals surface area contributed by atoms with E-state index in [4.69, 9.17) is 4.43 Å². The Bertz CT molecular complexity index is 368. The Labute approximate surface area is 110 Å². The second kappa shape index (κ2) is 4.48. The van der Waals surface area contributed by atoms with Gasteiger partial charge >= 0.3 is 0 Å². The lowest BCUT2D eigenvalue weighted by atomic mass is 10.1. The van der Waals surface area contributed by atoms with Crippen LogP contribution in [-0.4, -0.2) is 20.3 Å². The minimum Gasteiger partial charge on any atom is -0.404 e. The average Bonchev–Trinajstić information content (AvgIpc) is 2.56. The largest absolute Gasteiger partial charge is 0.404 e. The predicted molar refractivity (Wildman–Crippen MR) is 78.4 cm³/mol. The van der Waals surface area contributed by atoms with Crippen molar-refractivity contribution < 1.29 is 4.43 Å². The third-order valence-electron chi connectivity index (χ3n) is 3.92. The van der Waals surface area contributed by atoms with Crippen molar-refractivity contribution >= 4 is 20.1 Å². The Morgan fingerprint density at radius 1 is 1.41 bits per heavy atom. The lowest BCUT2D eigenvalue weighted by molar-refractivity contribution is 0.263. The second-order valence-corrected chi connectivity index (χ2v) is 12.3. The van der Waals surface area contributed by atoms with Crippen molar-refractivity contribution in [2.45, 2.75) is 50.8 Å². The minimum absolute atomic E-state index is 0.296.